The molecule has 3 atom stereocenters. The van der Waals surface area contributed by atoms with Gasteiger partial charge in [-0.3, -0.25) is 14.4 Å². The Balaban J connectivity index is 2.11. The van der Waals surface area contributed by atoms with Gasteiger partial charge >= 0.3 is 0 Å². The first-order valence-electron chi connectivity index (χ1n) is 8.27. The summed E-state index contributed by atoms with van der Waals surface area (Å²) >= 11 is 0. The topological polar surface area (TPSA) is 81.3 Å². The van der Waals surface area contributed by atoms with E-state index in [4.69, 9.17) is 0 Å². The molecule has 1 N–H and O–H groups in total. The van der Waals surface area contributed by atoms with Gasteiger partial charge in [-0.25, -0.2) is 9.36 Å². The highest BCUT2D eigenvalue weighted by molar-refractivity contribution is 5.97. The Morgan fingerprint density at radius 3 is 2.20 bits per heavy atom. The van der Waals surface area contributed by atoms with Crippen LogP contribution in [0.5, 0.6) is 0 Å². The summed E-state index contributed by atoms with van der Waals surface area (Å²) in [7, 11) is 0. The summed E-state index contributed by atoms with van der Waals surface area (Å²) < 4.78 is 2.32. The van der Waals surface area contributed by atoms with Crippen LogP contribution in [0.3, 0.4) is 0 Å². The Labute approximate surface area is 142 Å². The third-order valence-electron chi connectivity index (χ3n) is 5.30. The molecular weight excluding hydrogens is 320 g/mol. The van der Waals surface area contributed by atoms with Crippen molar-refractivity contribution in [2.24, 2.45) is 11.8 Å². The number of benzene rings is 2. The quantitative estimate of drug-likeness (QED) is 0.684. The third kappa shape index (κ3) is 2.17. The minimum Gasteiger partial charge on any atom is -0.371 e. The maximum absolute atomic E-state index is 13.0. The van der Waals surface area contributed by atoms with Gasteiger partial charge in [-0.15, -0.1) is 0 Å². The van der Waals surface area contributed by atoms with Gasteiger partial charge in [0.1, 0.15) is 5.78 Å². The smallest absolute Gasteiger partial charge is 0.275 e. The van der Waals surface area contributed by atoms with Crippen molar-refractivity contribution >= 4 is 27.3 Å². The van der Waals surface area contributed by atoms with Crippen LogP contribution in [0.1, 0.15) is 20.1 Å². The Kier molecular flexibility index (Phi) is 3.40. The van der Waals surface area contributed by atoms with Crippen LogP contribution in [0.15, 0.2) is 46.0 Å². The van der Waals surface area contributed by atoms with Crippen molar-refractivity contribution < 1.29 is 9.90 Å². The first-order valence-corrected chi connectivity index (χ1v) is 8.27. The van der Waals surface area contributed by atoms with Crippen molar-refractivity contribution in [2.75, 3.05) is 0 Å². The van der Waals surface area contributed by atoms with Crippen LogP contribution >= 0.6 is 0 Å². The van der Waals surface area contributed by atoms with Crippen LogP contribution in [-0.4, -0.2) is 20.3 Å². The minimum absolute atomic E-state index is 0.101. The Morgan fingerprint density at radius 2 is 1.64 bits per heavy atom. The van der Waals surface area contributed by atoms with Crippen molar-refractivity contribution in [1.82, 2.24) is 9.36 Å². The van der Waals surface area contributed by atoms with Crippen LogP contribution in [0.25, 0.3) is 21.5 Å². The van der Waals surface area contributed by atoms with Crippen molar-refractivity contribution in [2.45, 2.75) is 26.6 Å². The SMILES string of the molecule is CC(=O)[C@@H]1Cn2c(=O)c3cc4ccccc4cc3c(=O)n2[C@@H](O)[C@H]1C. The van der Waals surface area contributed by atoms with Gasteiger partial charge in [0.2, 0.25) is 0 Å². The van der Waals surface area contributed by atoms with E-state index in [9.17, 15) is 19.5 Å². The number of aliphatic hydroxyl groups excluding tert-OH is 1. The lowest BCUT2D eigenvalue weighted by Crippen LogP contribution is -2.50. The van der Waals surface area contributed by atoms with Gasteiger partial charge in [0, 0.05) is 11.8 Å². The number of Topliss-reactive ketones (excluding diaryl/α,β-unsaturated/α-hetero) is 1. The molecule has 0 amide bonds. The summed E-state index contributed by atoms with van der Waals surface area (Å²) in [6.45, 7) is 3.27. The summed E-state index contributed by atoms with van der Waals surface area (Å²) in [6, 6.07) is 10.9. The van der Waals surface area contributed by atoms with Gasteiger partial charge in [-0.1, -0.05) is 31.2 Å². The van der Waals surface area contributed by atoms with Crippen LogP contribution in [0.4, 0.5) is 0 Å². The maximum atomic E-state index is 13.0. The summed E-state index contributed by atoms with van der Waals surface area (Å²) in [6.07, 6.45) is -1.21. The zero-order valence-electron chi connectivity index (χ0n) is 14.0. The monoisotopic (exact) mass is 338 g/mol. The lowest BCUT2D eigenvalue weighted by molar-refractivity contribution is -0.130. The summed E-state index contributed by atoms with van der Waals surface area (Å²) in [4.78, 5) is 37.8. The minimum atomic E-state index is -1.21. The molecule has 1 aromatic heterocycles. The summed E-state index contributed by atoms with van der Waals surface area (Å²) in [5.41, 5.74) is -0.778. The second-order valence-corrected chi connectivity index (χ2v) is 6.77. The van der Waals surface area contributed by atoms with E-state index in [-0.39, 0.29) is 23.3 Å². The van der Waals surface area contributed by atoms with Crippen LogP contribution in [-0.2, 0) is 11.3 Å². The Morgan fingerprint density at radius 1 is 1.08 bits per heavy atom. The number of ketones is 1. The Bertz CT molecular complexity index is 1140. The average molecular weight is 338 g/mol. The second-order valence-electron chi connectivity index (χ2n) is 6.77. The number of hydrogen-bond acceptors (Lipinski definition) is 4. The molecule has 6 heteroatoms. The molecule has 0 unspecified atom stereocenters. The number of aromatic nitrogens is 2. The zero-order chi connectivity index (χ0) is 17.9. The fourth-order valence-electron chi connectivity index (χ4n) is 3.78. The lowest BCUT2D eigenvalue weighted by Gasteiger charge is -2.35. The van der Waals surface area contributed by atoms with Crippen LogP contribution in [0.2, 0.25) is 0 Å². The van der Waals surface area contributed by atoms with Gasteiger partial charge in [-0.2, -0.15) is 0 Å². The average Bonchev–Trinajstić information content (AvgIpc) is 2.60. The molecule has 0 fully saturated rings. The van der Waals surface area contributed by atoms with Gasteiger partial charge < -0.3 is 5.11 Å². The summed E-state index contributed by atoms with van der Waals surface area (Å²) in [5.74, 6) is -1.03. The molecular formula is C19H18N2O4. The van der Waals surface area contributed by atoms with Gasteiger partial charge in [-0.05, 0) is 29.8 Å². The van der Waals surface area contributed by atoms with E-state index in [2.05, 4.69) is 0 Å². The number of carbonyl (C=O) groups is 1. The molecule has 1 aliphatic heterocycles. The predicted molar refractivity (Wildman–Crippen MR) is 94.6 cm³/mol. The number of nitrogens with zero attached hydrogens (tertiary/aromatic N) is 2. The predicted octanol–water partition coefficient (Wildman–Crippen LogP) is 1.66. The molecule has 6 nitrogen and oxygen atoms in total. The highest BCUT2D eigenvalue weighted by atomic mass is 16.3. The van der Waals surface area contributed by atoms with E-state index in [1.54, 1.807) is 19.1 Å². The molecule has 0 bridgehead atoms. The van der Waals surface area contributed by atoms with Gasteiger partial charge in [0.25, 0.3) is 11.1 Å². The zero-order valence-corrected chi connectivity index (χ0v) is 14.0. The molecule has 3 aromatic rings. The molecule has 0 radical (unpaired) electrons. The van der Waals surface area contributed by atoms with E-state index in [0.717, 1.165) is 15.5 Å². The first-order chi connectivity index (χ1) is 11.9. The van der Waals surface area contributed by atoms with Gasteiger partial charge in [0.15, 0.2) is 6.23 Å². The van der Waals surface area contributed by atoms with Crippen LogP contribution < -0.4 is 11.1 Å². The normalized spacial score (nSPS) is 22.9. The standard InChI is InChI=1S/C19H18N2O4/c1-10-16(11(2)22)9-20-18(24)14-7-12-5-3-4-6-13(12)8-15(14)19(25)21(20)17(10)23/h3-8,10,16-17,23H,9H2,1-2H3/t10-,16+,17-/m0/s1. The van der Waals surface area contributed by atoms with E-state index in [1.807, 2.05) is 24.3 Å². The molecule has 2 heterocycles. The maximum Gasteiger partial charge on any atom is 0.275 e. The van der Waals surface area contributed by atoms with Gasteiger partial charge in [0.05, 0.1) is 17.3 Å². The number of carbonyl (C=O) groups excluding carboxylic acids is 1. The highest BCUT2D eigenvalue weighted by Gasteiger charge is 2.37. The highest BCUT2D eigenvalue weighted by Crippen LogP contribution is 2.29. The van der Waals surface area contributed by atoms with E-state index >= 15 is 0 Å². The number of rotatable bonds is 1. The van der Waals surface area contributed by atoms with E-state index < -0.39 is 23.6 Å². The van der Waals surface area contributed by atoms with Crippen molar-refractivity contribution in [1.29, 1.82) is 0 Å². The fourth-order valence-corrected chi connectivity index (χ4v) is 3.78. The fraction of sp³-hybridized carbons (Fsp3) is 0.316. The molecule has 0 saturated heterocycles. The molecule has 0 aliphatic carbocycles. The molecule has 0 saturated carbocycles. The Hall–Kier alpha value is -2.73. The van der Waals surface area contributed by atoms with Crippen molar-refractivity contribution in [3.63, 3.8) is 0 Å². The molecule has 25 heavy (non-hydrogen) atoms. The van der Waals surface area contributed by atoms with Crippen LogP contribution in [0, 0.1) is 11.8 Å². The second kappa shape index (κ2) is 5.39. The number of hydrogen-bond donors (Lipinski definition) is 1. The number of fused-ring (bicyclic) bond motifs is 3. The van der Waals surface area contributed by atoms with Crippen molar-refractivity contribution in [3.8, 4) is 0 Å². The first kappa shape index (κ1) is 15.8. The molecule has 2 aromatic carbocycles. The largest absolute Gasteiger partial charge is 0.371 e. The van der Waals surface area contributed by atoms with Crippen molar-refractivity contribution in [3.05, 3.63) is 57.1 Å². The molecule has 0 spiro atoms. The van der Waals surface area contributed by atoms with E-state index in [0.29, 0.717) is 5.39 Å². The molecule has 128 valence electrons. The third-order valence-corrected chi connectivity index (χ3v) is 5.30. The molecule has 1 aliphatic rings. The lowest BCUT2D eigenvalue weighted by atomic mass is 9.87. The van der Waals surface area contributed by atoms with E-state index in [1.165, 1.54) is 11.6 Å². The number of aliphatic hydroxyl groups is 1. The summed E-state index contributed by atoms with van der Waals surface area (Å²) in [5, 5.41) is 12.9. The molecule has 4 rings (SSSR count).